The van der Waals surface area contributed by atoms with Crippen molar-refractivity contribution in [2.75, 3.05) is 13.2 Å². The predicted octanol–water partition coefficient (Wildman–Crippen LogP) is 0.871. The molecule has 1 aromatic rings. The maximum Gasteiger partial charge on any atom is 0.0847 e. The van der Waals surface area contributed by atoms with Crippen LogP contribution in [-0.4, -0.2) is 28.5 Å². The Labute approximate surface area is 83.3 Å². The quantitative estimate of drug-likeness (QED) is 0.754. The summed E-state index contributed by atoms with van der Waals surface area (Å²) in [6.07, 6.45) is 3.33. The van der Waals surface area contributed by atoms with E-state index >= 15 is 0 Å². The topological polar surface area (TPSA) is 58.1 Å². The average molecular weight is 196 g/mol. The zero-order valence-electron chi connectivity index (χ0n) is 8.20. The molecule has 2 rings (SSSR count). The first-order chi connectivity index (χ1) is 6.88. The fourth-order valence-electron chi connectivity index (χ4n) is 1.86. The van der Waals surface area contributed by atoms with Crippen LogP contribution in [0.5, 0.6) is 0 Å². The van der Waals surface area contributed by atoms with Crippen molar-refractivity contribution in [3.8, 4) is 0 Å². The number of rotatable bonds is 3. The maximum absolute atomic E-state index is 8.86. The van der Waals surface area contributed by atoms with Crippen LogP contribution in [0.1, 0.15) is 24.2 Å². The molecule has 1 fully saturated rings. The van der Waals surface area contributed by atoms with Crippen molar-refractivity contribution in [1.82, 2.24) is 10.2 Å². The summed E-state index contributed by atoms with van der Waals surface area (Å²) in [5, 5.41) is 15.8. The van der Waals surface area contributed by atoms with E-state index in [1.54, 1.807) is 0 Å². The summed E-state index contributed by atoms with van der Waals surface area (Å²) in [5.74, 6) is 0.596. The second kappa shape index (κ2) is 4.57. The highest BCUT2D eigenvalue weighted by molar-refractivity contribution is 5.08. The van der Waals surface area contributed by atoms with Crippen LogP contribution in [0.15, 0.2) is 6.07 Å². The number of aromatic nitrogens is 2. The molecule has 0 saturated carbocycles. The summed E-state index contributed by atoms with van der Waals surface area (Å²) in [7, 11) is 0. The molecule has 1 saturated heterocycles. The van der Waals surface area contributed by atoms with Gasteiger partial charge in [0.1, 0.15) is 0 Å². The molecule has 78 valence electrons. The van der Waals surface area contributed by atoms with Gasteiger partial charge in [-0.2, -0.15) is 5.10 Å². The highest BCUT2D eigenvalue weighted by Crippen LogP contribution is 2.18. The molecule has 0 radical (unpaired) electrons. The number of nitrogens with zero attached hydrogens (tertiary/aromatic N) is 1. The SMILES string of the molecule is OCc1cc(CC2CCCOC2)n[nH]1. The zero-order valence-corrected chi connectivity index (χ0v) is 8.20. The van der Waals surface area contributed by atoms with Crippen molar-refractivity contribution >= 4 is 0 Å². The van der Waals surface area contributed by atoms with E-state index in [0.717, 1.165) is 37.4 Å². The summed E-state index contributed by atoms with van der Waals surface area (Å²) >= 11 is 0. The van der Waals surface area contributed by atoms with Crippen LogP contribution in [0.4, 0.5) is 0 Å². The number of aliphatic hydroxyl groups is 1. The fraction of sp³-hybridized carbons (Fsp3) is 0.700. The van der Waals surface area contributed by atoms with Gasteiger partial charge in [-0.05, 0) is 31.2 Å². The third kappa shape index (κ3) is 2.33. The Morgan fingerprint density at radius 1 is 1.64 bits per heavy atom. The van der Waals surface area contributed by atoms with E-state index in [1.165, 1.54) is 6.42 Å². The van der Waals surface area contributed by atoms with Crippen LogP contribution in [0.3, 0.4) is 0 Å². The molecule has 1 aromatic heterocycles. The van der Waals surface area contributed by atoms with Gasteiger partial charge in [-0.3, -0.25) is 5.10 Å². The van der Waals surface area contributed by atoms with Crippen LogP contribution in [0.2, 0.25) is 0 Å². The molecular formula is C10H16N2O2. The largest absolute Gasteiger partial charge is 0.390 e. The van der Waals surface area contributed by atoms with Gasteiger partial charge < -0.3 is 9.84 Å². The van der Waals surface area contributed by atoms with E-state index in [2.05, 4.69) is 10.2 Å². The van der Waals surface area contributed by atoms with E-state index in [9.17, 15) is 0 Å². The van der Waals surface area contributed by atoms with Crippen LogP contribution in [0.25, 0.3) is 0 Å². The number of aliphatic hydroxyl groups excluding tert-OH is 1. The second-order valence-electron chi connectivity index (χ2n) is 3.83. The van der Waals surface area contributed by atoms with Gasteiger partial charge in [0.05, 0.1) is 18.0 Å². The number of aromatic amines is 1. The van der Waals surface area contributed by atoms with Crippen LogP contribution in [-0.2, 0) is 17.8 Å². The van der Waals surface area contributed by atoms with Crippen molar-refractivity contribution < 1.29 is 9.84 Å². The summed E-state index contributed by atoms with van der Waals surface area (Å²) in [4.78, 5) is 0. The molecule has 0 aliphatic carbocycles. The molecule has 0 aromatic carbocycles. The fourth-order valence-corrected chi connectivity index (χ4v) is 1.86. The molecule has 2 heterocycles. The molecule has 0 bridgehead atoms. The van der Waals surface area contributed by atoms with Gasteiger partial charge >= 0.3 is 0 Å². The molecule has 1 aliphatic heterocycles. The molecule has 4 nitrogen and oxygen atoms in total. The minimum Gasteiger partial charge on any atom is -0.390 e. The number of hydrogen-bond donors (Lipinski definition) is 2. The van der Waals surface area contributed by atoms with E-state index in [-0.39, 0.29) is 6.61 Å². The zero-order chi connectivity index (χ0) is 9.80. The van der Waals surface area contributed by atoms with E-state index in [0.29, 0.717) is 5.92 Å². The lowest BCUT2D eigenvalue weighted by Crippen LogP contribution is -2.19. The molecule has 14 heavy (non-hydrogen) atoms. The predicted molar refractivity (Wildman–Crippen MR) is 51.8 cm³/mol. The number of hydrogen-bond acceptors (Lipinski definition) is 3. The minimum atomic E-state index is 0.0359. The van der Waals surface area contributed by atoms with Crippen molar-refractivity contribution in [2.45, 2.75) is 25.9 Å². The molecule has 1 unspecified atom stereocenters. The lowest BCUT2D eigenvalue weighted by Gasteiger charge is -2.20. The molecule has 1 atom stereocenters. The number of ether oxygens (including phenoxy) is 1. The van der Waals surface area contributed by atoms with Gasteiger partial charge in [-0.15, -0.1) is 0 Å². The minimum absolute atomic E-state index is 0.0359. The lowest BCUT2D eigenvalue weighted by atomic mass is 9.97. The van der Waals surface area contributed by atoms with Crippen molar-refractivity contribution in [1.29, 1.82) is 0 Å². The number of H-pyrrole nitrogens is 1. The van der Waals surface area contributed by atoms with Crippen LogP contribution >= 0.6 is 0 Å². The first-order valence-electron chi connectivity index (χ1n) is 5.10. The summed E-state index contributed by atoms with van der Waals surface area (Å²) in [6, 6.07) is 1.93. The Hall–Kier alpha value is -0.870. The molecule has 1 aliphatic rings. The number of nitrogens with one attached hydrogen (secondary N) is 1. The van der Waals surface area contributed by atoms with E-state index in [1.807, 2.05) is 6.07 Å². The summed E-state index contributed by atoms with van der Waals surface area (Å²) < 4.78 is 5.40. The Kier molecular flexibility index (Phi) is 3.16. The van der Waals surface area contributed by atoms with Gasteiger partial charge in [0.2, 0.25) is 0 Å². The van der Waals surface area contributed by atoms with Gasteiger partial charge in [0, 0.05) is 13.2 Å². The van der Waals surface area contributed by atoms with Crippen LogP contribution < -0.4 is 0 Å². The van der Waals surface area contributed by atoms with E-state index in [4.69, 9.17) is 9.84 Å². The van der Waals surface area contributed by atoms with Crippen LogP contribution in [0, 0.1) is 5.92 Å². The average Bonchev–Trinajstić information content (AvgIpc) is 2.67. The molecule has 4 heteroatoms. The van der Waals surface area contributed by atoms with E-state index < -0.39 is 0 Å². The first kappa shape index (κ1) is 9.68. The second-order valence-corrected chi connectivity index (χ2v) is 3.83. The van der Waals surface area contributed by atoms with Crippen molar-refractivity contribution in [2.24, 2.45) is 5.92 Å². The third-order valence-corrected chi connectivity index (χ3v) is 2.61. The Bertz CT molecular complexity index is 279. The van der Waals surface area contributed by atoms with Gasteiger partial charge in [0.15, 0.2) is 0 Å². The molecule has 0 spiro atoms. The normalized spacial score (nSPS) is 22.5. The van der Waals surface area contributed by atoms with Gasteiger partial charge in [0.25, 0.3) is 0 Å². The highest BCUT2D eigenvalue weighted by atomic mass is 16.5. The Morgan fingerprint density at radius 3 is 3.21 bits per heavy atom. The summed E-state index contributed by atoms with van der Waals surface area (Å²) in [5.41, 5.74) is 1.82. The Morgan fingerprint density at radius 2 is 2.57 bits per heavy atom. The lowest BCUT2D eigenvalue weighted by molar-refractivity contribution is 0.0547. The third-order valence-electron chi connectivity index (χ3n) is 2.61. The molecule has 2 N–H and O–H groups in total. The van der Waals surface area contributed by atoms with Crippen molar-refractivity contribution in [3.63, 3.8) is 0 Å². The monoisotopic (exact) mass is 196 g/mol. The Balaban J connectivity index is 1.89. The highest BCUT2D eigenvalue weighted by Gasteiger charge is 2.15. The standard InChI is InChI=1S/C10H16N2O2/c13-6-10-5-9(11-12-10)4-8-2-1-3-14-7-8/h5,8,13H,1-4,6-7H2,(H,11,12). The van der Waals surface area contributed by atoms with Gasteiger partial charge in [-0.1, -0.05) is 0 Å². The first-order valence-corrected chi connectivity index (χ1v) is 5.10. The smallest absolute Gasteiger partial charge is 0.0847 e. The molecular weight excluding hydrogens is 180 g/mol. The van der Waals surface area contributed by atoms with Gasteiger partial charge in [-0.25, -0.2) is 0 Å². The molecule has 0 amide bonds. The summed E-state index contributed by atoms with van der Waals surface area (Å²) in [6.45, 7) is 1.79. The maximum atomic E-state index is 8.86. The van der Waals surface area contributed by atoms with Crippen molar-refractivity contribution in [3.05, 3.63) is 17.5 Å².